The zero-order valence-corrected chi connectivity index (χ0v) is 12.4. The maximum atomic E-state index is 5.99. The lowest BCUT2D eigenvalue weighted by Crippen LogP contribution is -2.43. The Kier molecular flexibility index (Phi) is 3.63. The summed E-state index contributed by atoms with van der Waals surface area (Å²) in [4.78, 5) is 2.63. The van der Waals surface area contributed by atoms with Gasteiger partial charge in [0.25, 0.3) is 0 Å². The summed E-state index contributed by atoms with van der Waals surface area (Å²) in [5.74, 6) is 0.901. The first-order valence-corrected chi connectivity index (χ1v) is 7.53. The Morgan fingerprint density at radius 1 is 1.16 bits per heavy atom. The van der Waals surface area contributed by atoms with Crippen LogP contribution in [0, 0.1) is 13.8 Å². The SMILES string of the molecule is Cc1c(Cl)nnc(NC2CCN3CCCC3C2)c1C. The third-order valence-electron chi connectivity index (χ3n) is 4.63. The minimum absolute atomic E-state index is 0.508. The van der Waals surface area contributed by atoms with E-state index in [-0.39, 0.29) is 0 Å². The number of hydrogen-bond donors (Lipinski definition) is 1. The number of hydrogen-bond acceptors (Lipinski definition) is 4. The van der Waals surface area contributed by atoms with Crippen molar-refractivity contribution in [3.63, 3.8) is 0 Å². The van der Waals surface area contributed by atoms with Crippen molar-refractivity contribution in [1.82, 2.24) is 15.1 Å². The molecule has 3 rings (SSSR count). The average molecular weight is 281 g/mol. The highest BCUT2D eigenvalue weighted by Crippen LogP contribution is 2.29. The Hall–Kier alpha value is -0.870. The van der Waals surface area contributed by atoms with Gasteiger partial charge in [0.1, 0.15) is 0 Å². The Morgan fingerprint density at radius 2 is 2.00 bits per heavy atom. The fourth-order valence-corrected chi connectivity index (χ4v) is 3.44. The molecule has 2 aliphatic rings. The third kappa shape index (κ3) is 2.56. The summed E-state index contributed by atoms with van der Waals surface area (Å²) in [6.45, 7) is 6.55. The van der Waals surface area contributed by atoms with E-state index in [4.69, 9.17) is 11.6 Å². The number of fused-ring (bicyclic) bond motifs is 1. The zero-order valence-electron chi connectivity index (χ0n) is 11.6. The van der Waals surface area contributed by atoms with Gasteiger partial charge < -0.3 is 10.2 Å². The van der Waals surface area contributed by atoms with Gasteiger partial charge in [-0.1, -0.05) is 11.6 Å². The van der Waals surface area contributed by atoms with Crippen molar-refractivity contribution in [2.45, 2.75) is 51.6 Å². The molecule has 2 atom stereocenters. The molecule has 104 valence electrons. The first kappa shape index (κ1) is 13.1. The fraction of sp³-hybridized carbons (Fsp3) is 0.714. The van der Waals surface area contributed by atoms with Gasteiger partial charge in [-0.3, -0.25) is 0 Å². The molecule has 5 heteroatoms. The van der Waals surface area contributed by atoms with Gasteiger partial charge in [0.2, 0.25) is 0 Å². The normalized spacial score (nSPS) is 27.3. The molecular weight excluding hydrogens is 260 g/mol. The second kappa shape index (κ2) is 5.25. The smallest absolute Gasteiger partial charge is 0.155 e. The molecule has 3 heterocycles. The van der Waals surface area contributed by atoms with Crippen LogP contribution in [0.4, 0.5) is 5.82 Å². The number of nitrogens with zero attached hydrogens (tertiary/aromatic N) is 3. The van der Waals surface area contributed by atoms with Crippen molar-refractivity contribution in [3.05, 3.63) is 16.3 Å². The highest BCUT2D eigenvalue weighted by Gasteiger charge is 2.31. The summed E-state index contributed by atoms with van der Waals surface area (Å²) < 4.78 is 0. The molecule has 0 spiro atoms. The van der Waals surface area contributed by atoms with Gasteiger partial charge in [-0.15, -0.1) is 10.2 Å². The van der Waals surface area contributed by atoms with Crippen LogP contribution < -0.4 is 5.32 Å². The maximum absolute atomic E-state index is 5.99. The summed E-state index contributed by atoms with van der Waals surface area (Å²) in [6, 6.07) is 1.29. The molecular formula is C14H21ClN4. The van der Waals surface area contributed by atoms with E-state index < -0.39 is 0 Å². The molecule has 0 aliphatic carbocycles. The summed E-state index contributed by atoms with van der Waals surface area (Å²) in [7, 11) is 0. The van der Waals surface area contributed by atoms with Crippen LogP contribution in [0.15, 0.2) is 0 Å². The molecule has 0 saturated carbocycles. The summed E-state index contributed by atoms with van der Waals surface area (Å²) >= 11 is 5.99. The number of rotatable bonds is 2. The zero-order chi connectivity index (χ0) is 13.4. The number of halogens is 1. The van der Waals surface area contributed by atoms with Crippen molar-refractivity contribution >= 4 is 17.4 Å². The molecule has 1 N–H and O–H groups in total. The predicted octanol–water partition coefficient (Wildman–Crippen LogP) is 2.79. The number of nitrogens with one attached hydrogen (secondary N) is 1. The van der Waals surface area contributed by atoms with E-state index in [0.717, 1.165) is 23.0 Å². The van der Waals surface area contributed by atoms with E-state index in [1.54, 1.807) is 0 Å². The minimum Gasteiger partial charge on any atom is -0.366 e. The van der Waals surface area contributed by atoms with E-state index >= 15 is 0 Å². The lowest BCUT2D eigenvalue weighted by atomic mass is 9.97. The van der Waals surface area contributed by atoms with Crippen molar-refractivity contribution in [2.75, 3.05) is 18.4 Å². The van der Waals surface area contributed by atoms with Crippen LogP contribution in [0.3, 0.4) is 0 Å². The van der Waals surface area contributed by atoms with E-state index in [1.165, 1.54) is 38.8 Å². The first-order chi connectivity index (χ1) is 9.15. The Balaban J connectivity index is 1.70. The molecule has 2 fully saturated rings. The Labute approximate surface area is 119 Å². The third-order valence-corrected chi connectivity index (χ3v) is 4.99. The van der Waals surface area contributed by atoms with Crippen LogP contribution in [0.1, 0.15) is 36.8 Å². The van der Waals surface area contributed by atoms with Gasteiger partial charge in [-0.2, -0.15) is 0 Å². The molecule has 2 unspecified atom stereocenters. The van der Waals surface area contributed by atoms with Crippen molar-refractivity contribution < 1.29 is 0 Å². The second-order valence-electron chi connectivity index (χ2n) is 5.79. The summed E-state index contributed by atoms with van der Waals surface area (Å²) in [5.41, 5.74) is 2.14. The minimum atomic E-state index is 0.508. The molecule has 2 saturated heterocycles. The largest absolute Gasteiger partial charge is 0.366 e. The topological polar surface area (TPSA) is 41.1 Å². The van der Waals surface area contributed by atoms with Gasteiger partial charge >= 0.3 is 0 Å². The van der Waals surface area contributed by atoms with Crippen LogP contribution in [-0.4, -0.2) is 40.3 Å². The average Bonchev–Trinajstić information content (AvgIpc) is 2.87. The molecule has 2 aliphatic heterocycles. The van der Waals surface area contributed by atoms with Crippen molar-refractivity contribution in [1.29, 1.82) is 0 Å². The predicted molar refractivity (Wildman–Crippen MR) is 77.8 cm³/mol. The van der Waals surface area contributed by atoms with Crippen LogP contribution in [-0.2, 0) is 0 Å². The van der Waals surface area contributed by atoms with Gasteiger partial charge in [-0.25, -0.2) is 0 Å². The standard InChI is InChI=1S/C14H21ClN4/c1-9-10(2)14(18-17-13(9)15)16-11-5-7-19-6-3-4-12(19)8-11/h11-12H,3-8H2,1-2H3,(H,16,18). The van der Waals surface area contributed by atoms with Gasteiger partial charge in [0.05, 0.1) is 0 Å². The Morgan fingerprint density at radius 3 is 2.84 bits per heavy atom. The lowest BCUT2D eigenvalue weighted by molar-refractivity contribution is 0.188. The van der Waals surface area contributed by atoms with Crippen LogP contribution in [0.25, 0.3) is 0 Å². The first-order valence-electron chi connectivity index (χ1n) is 7.15. The van der Waals surface area contributed by atoms with Gasteiger partial charge in [-0.05, 0) is 57.2 Å². The van der Waals surface area contributed by atoms with E-state index in [9.17, 15) is 0 Å². The summed E-state index contributed by atoms with van der Waals surface area (Å²) in [5, 5.41) is 12.3. The molecule has 19 heavy (non-hydrogen) atoms. The highest BCUT2D eigenvalue weighted by atomic mass is 35.5. The van der Waals surface area contributed by atoms with Gasteiger partial charge in [0.15, 0.2) is 11.0 Å². The number of anilines is 1. The maximum Gasteiger partial charge on any atom is 0.155 e. The lowest BCUT2D eigenvalue weighted by Gasteiger charge is -2.35. The number of aromatic nitrogens is 2. The highest BCUT2D eigenvalue weighted by molar-refractivity contribution is 6.30. The van der Waals surface area contributed by atoms with Gasteiger partial charge in [0, 0.05) is 18.6 Å². The van der Waals surface area contributed by atoms with Crippen molar-refractivity contribution in [2.24, 2.45) is 0 Å². The molecule has 1 aromatic rings. The molecule has 4 nitrogen and oxygen atoms in total. The Bertz CT molecular complexity index is 477. The van der Waals surface area contributed by atoms with E-state index in [0.29, 0.717) is 11.2 Å². The molecule has 0 aromatic carbocycles. The number of piperidine rings is 1. The van der Waals surface area contributed by atoms with Crippen LogP contribution >= 0.6 is 11.6 Å². The molecule has 1 aromatic heterocycles. The summed E-state index contributed by atoms with van der Waals surface area (Å²) in [6.07, 6.45) is 5.13. The van der Waals surface area contributed by atoms with E-state index in [1.807, 2.05) is 6.92 Å². The second-order valence-corrected chi connectivity index (χ2v) is 6.15. The van der Waals surface area contributed by atoms with Crippen LogP contribution in [0.2, 0.25) is 5.15 Å². The van der Waals surface area contributed by atoms with E-state index in [2.05, 4.69) is 27.3 Å². The quantitative estimate of drug-likeness (QED) is 0.904. The van der Waals surface area contributed by atoms with Crippen molar-refractivity contribution in [3.8, 4) is 0 Å². The molecule has 0 bridgehead atoms. The fourth-order valence-electron chi connectivity index (χ4n) is 3.26. The molecule has 0 amide bonds. The van der Waals surface area contributed by atoms with Crippen LogP contribution in [0.5, 0.6) is 0 Å². The molecule has 0 radical (unpaired) electrons. The monoisotopic (exact) mass is 280 g/mol.